The first-order chi connectivity index (χ1) is 11.7. The van der Waals surface area contributed by atoms with E-state index in [0.29, 0.717) is 13.0 Å². The Hall–Kier alpha value is -3.08. The zero-order chi connectivity index (χ0) is 16.5. The second kappa shape index (κ2) is 5.85. The Morgan fingerprint density at radius 3 is 2.62 bits per heavy atom. The molecule has 0 saturated heterocycles. The van der Waals surface area contributed by atoms with Gasteiger partial charge in [0.2, 0.25) is 5.91 Å². The summed E-state index contributed by atoms with van der Waals surface area (Å²) in [4.78, 5) is 12.2. The fraction of sp³-hybridized carbons (Fsp3) is 0.158. The molecule has 2 N–H and O–H groups in total. The van der Waals surface area contributed by atoms with E-state index >= 15 is 0 Å². The molecule has 5 nitrogen and oxygen atoms in total. The minimum atomic E-state index is -0.0427. The first-order valence-electron chi connectivity index (χ1n) is 7.89. The van der Waals surface area contributed by atoms with Crippen LogP contribution in [0.15, 0.2) is 60.8 Å². The zero-order valence-corrected chi connectivity index (χ0v) is 13.0. The van der Waals surface area contributed by atoms with Crippen LogP contribution in [0.1, 0.15) is 29.0 Å². The fourth-order valence-corrected chi connectivity index (χ4v) is 3.15. The minimum absolute atomic E-state index is 0.0182. The molecule has 0 saturated carbocycles. The molecule has 0 aliphatic carbocycles. The molecule has 1 aliphatic rings. The van der Waals surface area contributed by atoms with Crippen LogP contribution in [-0.2, 0) is 11.3 Å². The van der Waals surface area contributed by atoms with Gasteiger partial charge in [0.15, 0.2) is 0 Å². The number of carbonyl (C=O) groups excluding carboxylic acids is 1. The Bertz CT molecular complexity index is 869. The maximum atomic E-state index is 12.2. The van der Waals surface area contributed by atoms with Crippen molar-refractivity contribution >= 4 is 11.7 Å². The van der Waals surface area contributed by atoms with Crippen molar-refractivity contribution in [3.8, 4) is 5.75 Å². The van der Waals surface area contributed by atoms with Crippen molar-refractivity contribution in [2.24, 2.45) is 0 Å². The molecule has 0 fully saturated rings. The molecule has 1 aromatic heterocycles. The highest BCUT2D eigenvalue weighted by Gasteiger charge is 2.29. The van der Waals surface area contributed by atoms with Crippen molar-refractivity contribution in [3.05, 3.63) is 77.5 Å². The van der Waals surface area contributed by atoms with E-state index < -0.39 is 0 Å². The van der Waals surface area contributed by atoms with Gasteiger partial charge in [-0.1, -0.05) is 42.5 Å². The Morgan fingerprint density at radius 2 is 1.88 bits per heavy atom. The van der Waals surface area contributed by atoms with Gasteiger partial charge in [0.25, 0.3) is 0 Å². The minimum Gasteiger partial charge on any atom is -0.508 e. The van der Waals surface area contributed by atoms with Gasteiger partial charge in [-0.25, -0.2) is 4.68 Å². The van der Waals surface area contributed by atoms with E-state index in [1.165, 1.54) is 0 Å². The first kappa shape index (κ1) is 14.5. The van der Waals surface area contributed by atoms with Gasteiger partial charge in [0, 0.05) is 17.9 Å². The Kier molecular flexibility index (Phi) is 3.54. The maximum Gasteiger partial charge on any atom is 0.226 e. The molecule has 5 heteroatoms. The summed E-state index contributed by atoms with van der Waals surface area (Å²) in [6.45, 7) is 0.610. The summed E-state index contributed by atoms with van der Waals surface area (Å²) in [5, 5.41) is 16.9. The third-order valence-corrected chi connectivity index (χ3v) is 4.36. The predicted octanol–water partition coefficient (Wildman–Crippen LogP) is 3.11. The van der Waals surface area contributed by atoms with Gasteiger partial charge in [-0.2, -0.15) is 5.10 Å². The Balaban J connectivity index is 1.70. The van der Waals surface area contributed by atoms with Gasteiger partial charge in [-0.05, 0) is 23.3 Å². The number of aromatic hydroxyl groups is 1. The zero-order valence-electron chi connectivity index (χ0n) is 13.0. The number of hydrogen-bond donors (Lipinski definition) is 2. The van der Waals surface area contributed by atoms with Gasteiger partial charge in [-0.3, -0.25) is 4.79 Å². The van der Waals surface area contributed by atoms with Crippen molar-refractivity contribution in [1.82, 2.24) is 9.78 Å². The fourth-order valence-electron chi connectivity index (χ4n) is 3.15. The number of rotatable bonds is 3. The molecule has 1 atom stereocenters. The summed E-state index contributed by atoms with van der Waals surface area (Å²) < 4.78 is 1.83. The second-order valence-electron chi connectivity index (χ2n) is 5.99. The van der Waals surface area contributed by atoms with Crippen LogP contribution >= 0.6 is 0 Å². The number of phenols is 1. The topological polar surface area (TPSA) is 67.1 Å². The largest absolute Gasteiger partial charge is 0.508 e. The van der Waals surface area contributed by atoms with Crippen LogP contribution in [0.25, 0.3) is 0 Å². The average Bonchev–Trinajstić information content (AvgIpc) is 2.99. The number of fused-ring (bicyclic) bond motifs is 1. The predicted molar refractivity (Wildman–Crippen MR) is 91.0 cm³/mol. The smallest absolute Gasteiger partial charge is 0.226 e. The van der Waals surface area contributed by atoms with E-state index in [1.807, 2.05) is 53.3 Å². The van der Waals surface area contributed by atoms with E-state index in [9.17, 15) is 9.90 Å². The number of carbonyl (C=O) groups is 1. The molecule has 0 radical (unpaired) electrons. The van der Waals surface area contributed by atoms with Crippen LogP contribution in [0.4, 0.5) is 5.82 Å². The summed E-state index contributed by atoms with van der Waals surface area (Å²) >= 11 is 0. The molecule has 0 spiro atoms. The van der Waals surface area contributed by atoms with Crippen molar-refractivity contribution < 1.29 is 9.90 Å². The molecular formula is C19H17N3O2. The lowest BCUT2D eigenvalue weighted by atomic mass is 9.87. The van der Waals surface area contributed by atoms with Crippen LogP contribution in [-0.4, -0.2) is 20.8 Å². The lowest BCUT2D eigenvalue weighted by Crippen LogP contribution is -2.25. The van der Waals surface area contributed by atoms with Crippen LogP contribution in [0.2, 0.25) is 0 Å². The van der Waals surface area contributed by atoms with Gasteiger partial charge < -0.3 is 10.4 Å². The summed E-state index contributed by atoms with van der Waals surface area (Å²) in [6.07, 6.45) is 2.21. The molecule has 3 aromatic rings. The number of anilines is 1. The molecule has 0 bridgehead atoms. The van der Waals surface area contributed by atoms with E-state index in [1.54, 1.807) is 12.1 Å². The maximum absolute atomic E-state index is 12.2. The van der Waals surface area contributed by atoms with E-state index in [2.05, 4.69) is 10.4 Å². The normalized spacial score (nSPS) is 16.5. The number of nitrogens with zero attached hydrogens (tertiary/aromatic N) is 2. The molecule has 2 heterocycles. The van der Waals surface area contributed by atoms with E-state index in [4.69, 9.17) is 0 Å². The first-order valence-corrected chi connectivity index (χ1v) is 7.89. The standard InChI is InChI=1S/C19H17N3O2/c23-15-8-6-14(7-9-15)16-10-18(24)21-19-17(16)11-20-22(19)12-13-4-2-1-3-5-13/h1-9,11,16,23H,10,12H2,(H,21,24)/t16-/m0/s1. The quantitative estimate of drug-likeness (QED) is 0.779. The lowest BCUT2D eigenvalue weighted by Gasteiger charge is -2.23. The van der Waals surface area contributed by atoms with Crippen molar-refractivity contribution in [1.29, 1.82) is 0 Å². The number of benzene rings is 2. The number of nitrogens with one attached hydrogen (secondary N) is 1. The summed E-state index contributed by atoms with van der Waals surface area (Å²) in [6, 6.07) is 17.0. The van der Waals surface area contributed by atoms with Crippen molar-refractivity contribution in [3.63, 3.8) is 0 Å². The van der Waals surface area contributed by atoms with Crippen LogP contribution < -0.4 is 5.32 Å². The highest BCUT2D eigenvalue weighted by molar-refractivity contribution is 5.94. The van der Waals surface area contributed by atoms with Crippen LogP contribution in [0.3, 0.4) is 0 Å². The average molecular weight is 319 g/mol. The van der Waals surface area contributed by atoms with Crippen LogP contribution in [0, 0.1) is 0 Å². The van der Waals surface area contributed by atoms with Crippen molar-refractivity contribution in [2.45, 2.75) is 18.9 Å². The SMILES string of the molecule is O=C1C[C@@H](c2ccc(O)cc2)c2cnn(Cc3ccccc3)c2N1. The highest BCUT2D eigenvalue weighted by atomic mass is 16.3. The van der Waals surface area contributed by atoms with Gasteiger partial charge in [-0.15, -0.1) is 0 Å². The molecule has 1 amide bonds. The monoisotopic (exact) mass is 319 g/mol. The highest BCUT2D eigenvalue weighted by Crippen LogP contribution is 2.37. The van der Waals surface area contributed by atoms with Gasteiger partial charge >= 0.3 is 0 Å². The second-order valence-corrected chi connectivity index (χ2v) is 5.99. The van der Waals surface area contributed by atoms with Gasteiger partial charge in [0.1, 0.15) is 11.6 Å². The molecule has 0 unspecified atom stereocenters. The van der Waals surface area contributed by atoms with E-state index in [-0.39, 0.29) is 17.6 Å². The molecule has 2 aromatic carbocycles. The van der Waals surface area contributed by atoms with E-state index in [0.717, 1.165) is 22.5 Å². The molecule has 4 rings (SSSR count). The number of amides is 1. The lowest BCUT2D eigenvalue weighted by molar-refractivity contribution is -0.116. The molecular weight excluding hydrogens is 302 g/mol. The summed E-state index contributed by atoms with van der Waals surface area (Å²) in [7, 11) is 0. The van der Waals surface area contributed by atoms with Gasteiger partial charge in [0.05, 0.1) is 12.7 Å². The number of phenolic OH excluding ortho intramolecular Hbond substituents is 1. The molecule has 1 aliphatic heterocycles. The Labute approximate surface area is 139 Å². The molecule has 120 valence electrons. The third kappa shape index (κ3) is 2.65. The molecule has 24 heavy (non-hydrogen) atoms. The number of hydrogen-bond acceptors (Lipinski definition) is 3. The third-order valence-electron chi connectivity index (χ3n) is 4.36. The summed E-state index contributed by atoms with van der Waals surface area (Å²) in [5.41, 5.74) is 3.14. The van der Waals surface area contributed by atoms with Crippen LogP contribution in [0.5, 0.6) is 5.75 Å². The Morgan fingerprint density at radius 1 is 1.12 bits per heavy atom. The number of aromatic nitrogens is 2. The summed E-state index contributed by atoms with van der Waals surface area (Å²) in [5.74, 6) is 0.918. The van der Waals surface area contributed by atoms with Crippen molar-refractivity contribution in [2.75, 3.05) is 5.32 Å².